The third-order valence-electron chi connectivity index (χ3n) is 10.3. The van der Waals surface area contributed by atoms with E-state index in [1.807, 2.05) is 0 Å². The molecule has 0 N–H and O–H groups in total. The van der Waals surface area contributed by atoms with Crippen LogP contribution in [0.5, 0.6) is 0 Å². The van der Waals surface area contributed by atoms with Crippen molar-refractivity contribution in [3.05, 3.63) is 110 Å². The van der Waals surface area contributed by atoms with E-state index in [1.54, 1.807) is 16.3 Å². The van der Waals surface area contributed by atoms with Gasteiger partial charge in [0.25, 0.3) is 0 Å². The third-order valence-corrected chi connectivity index (χ3v) is 13.4. The molecule has 2 aliphatic rings. The standard InChI is InChI=1S/C42H53Si/c1-25(2)37-34(24-35(41(7,8)9)38(39(37)42(10,11)12)30-18-15-14-16-19-30)31-20-17-21-33-32(31)22-23-36(33)43(13)40-28(5)26(3)27(4)29(40)6/h14-25,28,36H,1-13H3. The molecule has 225 valence electrons. The Kier molecular flexibility index (Phi) is 8.23. The fraction of sp³-hybridized carbons (Fsp3) is 0.429. The highest BCUT2D eigenvalue weighted by molar-refractivity contribution is 6.68. The van der Waals surface area contributed by atoms with Crippen LogP contribution in [0.3, 0.4) is 0 Å². The number of benzene rings is 3. The van der Waals surface area contributed by atoms with Crippen molar-refractivity contribution in [1.29, 1.82) is 0 Å². The quantitative estimate of drug-likeness (QED) is 0.261. The van der Waals surface area contributed by atoms with Gasteiger partial charge in [0.15, 0.2) is 0 Å². The summed E-state index contributed by atoms with van der Waals surface area (Å²) in [4.78, 5) is 0. The van der Waals surface area contributed by atoms with Crippen LogP contribution in [0.4, 0.5) is 0 Å². The molecule has 0 spiro atoms. The number of rotatable bonds is 5. The van der Waals surface area contributed by atoms with E-state index in [4.69, 9.17) is 0 Å². The number of hydrogen-bond acceptors (Lipinski definition) is 0. The molecular weight excluding hydrogens is 533 g/mol. The molecule has 0 saturated heterocycles. The van der Waals surface area contributed by atoms with Crippen LogP contribution in [0.15, 0.2) is 82.6 Å². The Morgan fingerprint density at radius 3 is 1.95 bits per heavy atom. The molecule has 3 aromatic rings. The van der Waals surface area contributed by atoms with E-state index in [1.165, 1.54) is 55.6 Å². The van der Waals surface area contributed by atoms with Crippen molar-refractivity contribution in [2.75, 3.05) is 0 Å². The third kappa shape index (κ3) is 5.37. The lowest BCUT2D eigenvalue weighted by atomic mass is 9.68. The Balaban J connectivity index is 1.77. The second-order valence-electron chi connectivity index (χ2n) is 15.6. The van der Waals surface area contributed by atoms with Gasteiger partial charge in [0.05, 0.1) is 8.80 Å². The maximum Gasteiger partial charge on any atom is 0.0902 e. The molecule has 0 heterocycles. The minimum absolute atomic E-state index is 0.00329. The fourth-order valence-corrected chi connectivity index (χ4v) is 11.0. The molecule has 1 radical (unpaired) electrons. The topological polar surface area (TPSA) is 0 Å². The van der Waals surface area contributed by atoms with E-state index in [-0.39, 0.29) is 10.8 Å². The zero-order valence-electron chi connectivity index (χ0n) is 29.1. The van der Waals surface area contributed by atoms with Crippen LogP contribution in [0.25, 0.3) is 28.3 Å². The predicted octanol–water partition coefficient (Wildman–Crippen LogP) is 12.4. The number of hydrogen-bond donors (Lipinski definition) is 0. The van der Waals surface area contributed by atoms with Gasteiger partial charge in [-0.3, -0.25) is 0 Å². The van der Waals surface area contributed by atoms with E-state index in [2.05, 4.69) is 156 Å². The summed E-state index contributed by atoms with van der Waals surface area (Å²) < 4.78 is 0. The van der Waals surface area contributed by atoms with Gasteiger partial charge in [0, 0.05) is 5.54 Å². The van der Waals surface area contributed by atoms with Crippen LogP contribution >= 0.6 is 0 Å². The summed E-state index contributed by atoms with van der Waals surface area (Å²) in [6.45, 7) is 31.2. The summed E-state index contributed by atoms with van der Waals surface area (Å²) in [6.07, 6.45) is 5.01. The average molecular weight is 586 g/mol. The first-order valence-electron chi connectivity index (χ1n) is 16.4. The molecule has 5 rings (SSSR count). The molecule has 0 aliphatic heterocycles. The van der Waals surface area contributed by atoms with Gasteiger partial charge in [-0.15, -0.1) is 0 Å². The van der Waals surface area contributed by atoms with Crippen molar-refractivity contribution in [1.82, 2.24) is 0 Å². The van der Waals surface area contributed by atoms with E-state index >= 15 is 0 Å². The maximum atomic E-state index is 2.57. The van der Waals surface area contributed by atoms with E-state index in [9.17, 15) is 0 Å². The average Bonchev–Trinajstić information content (AvgIpc) is 3.46. The first-order valence-corrected chi connectivity index (χ1v) is 18.4. The molecule has 43 heavy (non-hydrogen) atoms. The Hall–Kier alpha value is -2.90. The van der Waals surface area contributed by atoms with Crippen LogP contribution in [-0.4, -0.2) is 8.80 Å². The van der Waals surface area contributed by atoms with Gasteiger partial charge in [-0.1, -0.05) is 146 Å². The van der Waals surface area contributed by atoms with Crippen LogP contribution in [0, 0.1) is 5.92 Å². The number of allylic oxidation sites excluding steroid dienone is 5. The van der Waals surface area contributed by atoms with Gasteiger partial charge in [0.2, 0.25) is 0 Å². The van der Waals surface area contributed by atoms with Gasteiger partial charge in [-0.25, -0.2) is 0 Å². The molecule has 0 bridgehead atoms. The monoisotopic (exact) mass is 585 g/mol. The smallest absolute Gasteiger partial charge is 0.0789 e. The van der Waals surface area contributed by atoms with Crippen LogP contribution in [-0.2, 0) is 10.8 Å². The lowest BCUT2D eigenvalue weighted by Gasteiger charge is -2.36. The second-order valence-corrected chi connectivity index (χ2v) is 18.1. The Morgan fingerprint density at radius 2 is 1.42 bits per heavy atom. The van der Waals surface area contributed by atoms with Crippen molar-refractivity contribution < 1.29 is 0 Å². The van der Waals surface area contributed by atoms with Crippen molar-refractivity contribution >= 4 is 14.9 Å². The molecule has 0 fully saturated rings. The van der Waals surface area contributed by atoms with Gasteiger partial charge >= 0.3 is 0 Å². The first-order chi connectivity index (χ1) is 20.1. The molecular formula is C42H53Si. The Labute approximate surface area is 264 Å². The summed E-state index contributed by atoms with van der Waals surface area (Å²) in [5.41, 5.74) is 18.1. The molecule has 0 saturated carbocycles. The molecule has 3 aromatic carbocycles. The van der Waals surface area contributed by atoms with E-state index in [0.29, 0.717) is 17.4 Å². The zero-order valence-corrected chi connectivity index (χ0v) is 30.1. The Bertz CT molecular complexity index is 1640. The fourth-order valence-electron chi connectivity index (χ4n) is 7.91. The van der Waals surface area contributed by atoms with Crippen molar-refractivity contribution in [3.63, 3.8) is 0 Å². The maximum absolute atomic E-state index is 2.57. The Morgan fingerprint density at radius 1 is 0.767 bits per heavy atom. The molecule has 2 unspecified atom stereocenters. The molecule has 0 amide bonds. The second kappa shape index (κ2) is 11.2. The van der Waals surface area contributed by atoms with Gasteiger partial charge in [-0.2, -0.15) is 0 Å². The molecule has 0 nitrogen and oxygen atoms in total. The minimum Gasteiger partial charge on any atom is -0.0789 e. The van der Waals surface area contributed by atoms with Crippen molar-refractivity contribution in [2.24, 2.45) is 5.92 Å². The highest BCUT2D eigenvalue weighted by Crippen LogP contribution is 2.51. The van der Waals surface area contributed by atoms with Gasteiger partial charge in [0.1, 0.15) is 0 Å². The summed E-state index contributed by atoms with van der Waals surface area (Å²) in [7, 11) is -0.796. The molecule has 2 aliphatic carbocycles. The van der Waals surface area contributed by atoms with Crippen LogP contribution < -0.4 is 0 Å². The van der Waals surface area contributed by atoms with Crippen LogP contribution in [0.1, 0.15) is 122 Å². The van der Waals surface area contributed by atoms with Gasteiger partial charge in [-0.05, 0) is 105 Å². The zero-order chi connectivity index (χ0) is 31.6. The van der Waals surface area contributed by atoms with Crippen molar-refractivity contribution in [3.8, 4) is 22.3 Å². The lowest BCUT2D eigenvalue weighted by molar-refractivity contribution is 0.563. The van der Waals surface area contributed by atoms with Crippen LogP contribution in [0.2, 0.25) is 6.55 Å². The minimum atomic E-state index is -0.796. The number of fused-ring (bicyclic) bond motifs is 1. The van der Waals surface area contributed by atoms with E-state index < -0.39 is 8.80 Å². The molecule has 0 aromatic heterocycles. The normalized spacial score (nSPS) is 19.0. The summed E-state index contributed by atoms with van der Waals surface area (Å²) in [5, 5.41) is 1.73. The van der Waals surface area contributed by atoms with E-state index in [0.717, 1.165) is 0 Å². The molecule has 1 heteroatoms. The first kappa shape index (κ1) is 31.5. The lowest BCUT2D eigenvalue weighted by Crippen LogP contribution is -2.25. The molecule has 2 atom stereocenters. The summed E-state index contributed by atoms with van der Waals surface area (Å²) in [5.74, 6) is 0.967. The largest absolute Gasteiger partial charge is 0.0902 e. The van der Waals surface area contributed by atoms with Crippen molar-refractivity contribution in [2.45, 2.75) is 112 Å². The summed E-state index contributed by atoms with van der Waals surface area (Å²) >= 11 is 0. The summed E-state index contributed by atoms with van der Waals surface area (Å²) in [6, 6.07) is 20.9. The SMILES string of the molecule is CC1=C(C)C(C)C([Si](C)C2C=Cc3c(-c4cc(C(C)(C)C)c(-c5ccccc5)c(C(C)(C)C)c4C(C)C)cccc32)=C1C. The highest BCUT2D eigenvalue weighted by atomic mass is 28.3. The highest BCUT2D eigenvalue weighted by Gasteiger charge is 2.36. The predicted molar refractivity (Wildman–Crippen MR) is 192 cm³/mol. The van der Waals surface area contributed by atoms with Gasteiger partial charge < -0.3 is 0 Å².